The van der Waals surface area contributed by atoms with Crippen molar-refractivity contribution >= 4 is 17.0 Å². The second-order valence-corrected chi connectivity index (χ2v) is 5.08. The molecule has 1 aliphatic carbocycles. The summed E-state index contributed by atoms with van der Waals surface area (Å²) in [6.45, 7) is 2.99. The van der Waals surface area contributed by atoms with Crippen LogP contribution in [-0.2, 0) is 6.54 Å². The van der Waals surface area contributed by atoms with Gasteiger partial charge < -0.3 is 9.67 Å². The van der Waals surface area contributed by atoms with Crippen LogP contribution >= 0.6 is 0 Å². The van der Waals surface area contributed by atoms with Crippen LogP contribution in [0.15, 0.2) is 18.2 Å². The summed E-state index contributed by atoms with van der Waals surface area (Å²) < 4.78 is 2.21. The Morgan fingerprint density at radius 3 is 2.89 bits per heavy atom. The summed E-state index contributed by atoms with van der Waals surface area (Å²) >= 11 is 0. The van der Waals surface area contributed by atoms with E-state index < -0.39 is 5.97 Å². The fraction of sp³-hybridized carbons (Fsp3) is 0.429. The summed E-state index contributed by atoms with van der Waals surface area (Å²) in [5.41, 5.74) is 2.13. The van der Waals surface area contributed by atoms with Crippen molar-refractivity contribution in [1.82, 2.24) is 9.55 Å². The fourth-order valence-electron chi connectivity index (χ4n) is 2.55. The Balaban J connectivity index is 2.03. The van der Waals surface area contributed by atoms with Crippen LogP contribution in [0.5, 0.6) is 0 Å². The van der Waals surface area contributed by atoms with Crippen LogP contribution in [0.1, 0.15) is 35.4 Å². The van der Waals surface area contributed by atoms with Gasteiger partial charge in [0.05, 0.1) is 16.6 Å². The molecule has 1 aliphatic rings. The van der Waals surface area contributed by atoms with E-state index in [1.165, 1.54) is 19.3 Å². The van der Waals surface area contributed by atoms with Gasteiger partial charge in [-0.1, -0.05) is 6.42 Å². The number of benzene rings is 1. The molecular weight excluding hydrogens is 228 g/mol. The lowest BCUT2D eigenvalue weighted by molar-refractivity contribution is 0.0697. The minimum Gasteiger partial charge on any atom is -0.478 e. The quantitative estimate of drug-likeness (QED) is 0.903. The molecule has 0 spiro atoms. The van der Waals surface area contributed by atoms with E-state index in [4.69, 9.17) is 5.11 Å². The summed E-state index contributed by atoms with van der Waals surface area (Å²) in [4.78, 5) is 15.4. The third-order valence-corrected chi connectivity index (χ3v) is 3.85. The van der Waals surface area contributed by atoms with Gasteiger partial charge in [0.2, 0.25) is 0 Å². The SMILES string of the molecule is Cc1nc2cc(C(=O)O)ccc2n1CC1CCC1. The average Bonchev–Trinajstić information content (AvgIpc) is 2.58. The van der Waals surface area contributed by atoms with E-state index in [1.807, 2.05) is 13.0 Å². The first-order valence-corrected chi connectivity index (χ1v) is 6.35. The molecule has 1 N–H and O–H groups in total. The number of rotatable bonds is 3. The van der Waals surface area contributed by atoms with Crippen molar-refractivity contribution in [2.45, 2.75) is 32.7 Å². The molecule has 0 saturated heterocycles. The number of aromatic carboxylic acids is 1. The monoisotopic (exact) mass is 244 g/mol. The Hall–Kier alpha value is -1.84. The highest BCUT2D eigenvalue weighted by Crippen LogP contribution is 2.30. The topological polar surface area (TPSA) is 55.1 Å². The number of hydrogen-bond donors (Lipinski definition) is 1. The first-order valence-electron chi connectivity index (χ1n) is 6.35. The van der Waals surface area contributed by atoms with Crippen molar-refractivity contribution in [3.05, 3.63) is 29.6 Å². The number of hydrogen-bond acceptors (Lipinski definition) is 2. The molecule has 0 atom stereocenters. The lowest BCUT2D eigenvalue weighted by Gasteiger charge is -2.26. The van der Waals surface area contributed by atoms with Gasteiger partial charge in [0.15, 0.2) is 0 Å². The number of aryl methyl sites for hydroxylation is 1. The van der Waals surface area contributed by atoms with Gasteiger partial charge >= 0.3 is 5.97 Å². The summed E-state index contributed by atoms with van der Waals surface area (Å²) in [5, 5.41) is 8.98. The van der Waals surface area contributed by atoms with Crippen LogP contribution in [0.2, 0.25) is 0 Å². The van der Waals surface area contributed by atoms with Gasteiger partial charge in [0.1, 0.15) is 5.82 Å². The molecule has 4 heteroatoms. The number of fused-ring (bicyclic) bond motifs is 1. The van der Waals surface area contributed by atoms with Crippen molar-refractivity contribution in [1.29, 1.82) is 0 Å². The number of carboxylic acids is 1. The third-order valence-electron chi connectivity index (χ3n) is 3.85. The zero-order valence-corrected chi connectivity index (χ0v) is 10.4. The second-order valence-electron chi connectivity index (χ2n) is 5.08. The highest BCUT2D eigenvalue weighted by atomic mass is 16.4. The molecule has 1 aromatic carbocycles. The zero-order chi connectivity index (χ0) is 12.7. The molecule has 1 fully saturated rings. The Morgan fingerprint density at radius 1 is 1.50 bits per heavy atom. The summed E-state index contributed by atoms with van der Waals surface area (Å²) in [6.07, 6.45) is 3.93. The maximum Gasteiger partial charge on any atom is 0.335 e. The van der Waals surface area contributed by atoms with Crippen molar-refractivity contribution in [2.24, 2.45) is 5.92 Å². The highest BCUT2D eigenvalue weighted by molar-refractivity contribution is 5.92. The number of carbonyl (C=O) groups is 1. The standard InChI is InChI=1S/C14H16N2O2/c1-9-15-12-7-11(14(17)18)5-6-13(12)16(9)8-10-3-2-4-10/h5-7,10H,2-4,8H2,1H3,(H,17,18). The molecule has 0 aliphatic heterocycles. The molecule has 2 aromatic rings. The summed E-state index contributed by atoms with van der Waals surface area (Å²) in [6, 6.07) is 5.18. The van der Waals surface area contributed by atoms with E-state index in [1.54, 1.807) is 12.1 Å². The van der Waals surface area contributed by atoms with Crippen LogP contribution < -0.4 is 0 Å². The average molecular weight is 244 g/mol. The van der Waals surface area contributed by atoms with Crippen molar-refractivity contribution in [3.63, 3.8) is 0 Å². The van der Waals surface area contributed by atoms with Gasteiger partial charge in [-0.15, -0.1) is 0 Å². The number of nitrogens with zero attached hydrogens (tertiary/aromatic N) is 2. The largest absolute Gasteiger partial charge is 0.478 e. The van der Waals surface area contributed by atoms with Gasteiger partial charge in [-0.2, -0.15) is 0 Å². The number of imidazole rings is 1. The molecule has 0 unspecified atom stereocenters. The molecule has 18 heavy (non-hydrogen) atoms. The molecule has 0 bridgehead atoms. The van der Waals surface area contributed by atoms with Gasteiger partial charge in [0.25, 0.3) is 0 Å². The summed E-state index contributed by atoms with van der Waals surface area (Å²) in [7, 11) is 0. The fourth-order valence-corrected chi connectivity index (χ4v) is 2.55. The lowest BCUT2D eigenvalue weighted by atomic mass is 9.85. The molecule has 1 aromatic heterocycles. The van der Waals surface area contributed by atoms with Crippen LogP contribution in [-0.4, -0.2) is 20.6 Å². The Labute approximate surface area is 105 Å². The maximum atomic E-state index is 10.9. The second kappa shape index (κ2) is 4.12. The van der Waals surface area contributed by atoms with E-state index >= 15 is 0 Å². The number of aromatic nitrogens is 2. The summed E-state index contributed by atoms with van der Waals surface area (Å²) in [5.74, 6) is 0.836. The smallest absolute Gasteiger partial charge is 0.335 e. The van der Waals surface area contributed by atoms with E-state index in [0.29, 0.717) is 5.56 Å². The third kappa shape index (κ3) is 1.78. The van der Waals surface area contributed by atoms with E-state index in [2.05, 4.69) is 9.55 Å². The maximum absolute atomic E-state index is 10.9. The van der Waals surface area contributed by atoms with E-state index in [0.717, 1.165) is 29.3 Å². The lowest BCUT2D eigenvalue weighted by Crippen LogP contribution is -2.18. The molecular formula is C14H16N2O2. The molecule has 1 heterocycles. The van der Waals surface area contributed by atoms with Crippen LogP contribution in [0, 0.1) is 12.8 Å². The highest BCUT2D eigenvalue weighted by Gasteiger charge is 2.20. The Bertz CT molecular complexity index is 612. The Morgan fingerprint density at radius 2 is 2.28 bits per heavy atom. The molecule has 4 nitrogen and oxygen atoms in total. The van der Waals surface area contributed by atoms with E-state index in [9.17, 15) is 4.79 Å². The Kier molecular flexibility index (Phi) is 2.58. The van der Waals surface area contributed by atoms with Crippen LogP contribution in [0.4, 0.5) is 0 Å². The minimum atomic E-state index is -0.900. The molecule has 1 saturated carbocycles. The predicted octanol–water partition coefficient (Wildman–Crippen LogP) is 2.84. The molecule has 0 radical (unpaired) electrons. The van der Waals surface area contributed by atoms with Crippen LogP contribution in [0.3, 0.4) is 0 Å². The number of carboxylic acid groups (broad SMARTS) is 1. The minimum absolute atomic E-state index is 0.302. The van der Waals surface area contributed by atoms with Gasteiger partial charge in [0, 0.05) is 6.54 Å². The normalized spacial score (nSPS) is 15.8. The first-order chi connectivity index (χ1) is 8.65. The van der Waals surface area contributed by atoms with Crippen molar-refractivity contribution < 1.29 is 9.90 Å². The first kappa shape index (κ1) is 11.3. The molecule has 94 valence electrons. The van der Waals surface area contributed by atoms with Gasteiger partial charge in [-0.25, -0.2) is 9.78 Å². The van der Waals surface area contributed by atoms with Gasteiger partial charge in [-0.3, -0.25) is 0 Å². The van der Waals surface area contributed by atoms with Crippen LogP contribution in [0.25, 0.3) is 11.0 Å². The van der Waals surface area contributed by atoms with Crippen molar-refractivity contribution in [2.75, 3.05) is 0 Å². The zero-order valence-electron chi connectivity index (χ0n) is 10.4. The molecule has 3 rings (SSSR count). The predicted molar refractivity (Wildman–Crippen MR) is 68.8 cm³/mol. The van der Waals surface area contributed by atoms with E-state index in [-0.39, 0.29) is 0 Å². The van der Waals surface area contributed by atoms with Crippen molar-refractivity contribution in [3.8, 4) is 0 Å². The van der Waals surface area contributed by atoms with Gasteiger partial charge in [-0.05, 0) is 43.9 Å². The molecule has 0 amide bonds.